The lowest BCUT2D eigenvalue weighted by Crippen LogP contribution is -2.56. The van der Waals surface area contributed by atoms with Gasteiger partial charge in [0.05, 0.1) is 71.9 Å². The predicted octanol–water partition coefficient (Wildman–Crippen LogP) is 2.91. The molecule has 2 fully saturated rings. The Morgan fingerprint density at radius 1 is 0.467 bits per heavy atom. The van der Waals surface area contributed by atoms with Crippen LogP contribution in [-0.4, -0.2) is 252 Å². The van der Waals surface area contributed by atoms with E-state index in [4.69, 9.17) is 10.8 Å². The van der Waals surface area contributed by atoms with Crippen LogP contribution in [0.3, 0.4) is 0 Å². The number of carboxylic acid groups (broad SMARTS) is 1. The van der Waals surface area contributed by atoms with Gasteiger partial charge in [0.1, 0.15) is 42.3 Å². The molecule has 648 valence electrons. The monoisotopic (exact) mass is 1690 g/mol. The first-order valence-electron chi connectivity index (χ1n) is 39.3. The molecule has 2 aliphatic heterocycles. The molecule has 7 atom stereocenters. The van der Waals surface area contributed by atoms with E-state index in [2.05, 4.69) is 73.8 Å². The average Bonchev–Trinajstić information content (AvgIpc) is 1.39. The second-order valence-electron chi connectivity index (χ2n) is 29.6. The van der Waals surface area contributed by atoms with E-state index in [0.29, 0.717) is 20.9 Å². The van der Waals surface area contributed by atoms with Crippen molar-refractivity contribution in [3.63, 3.8) is 0 Å². The van der Waals surface area contributed by atoms with Crippen molar-refractivity contribution in [2.45, 2.75) is 150 Å². The zero-order chi connectivity index (χ0) is 88.8. The van der Waals surface area contributed by atoms with Crippen molar-refractivity contribution in [3.05, 3.63) is 144 Å². The van der Waals surface area contributed by atoms with Crippen LogP contribution < -0.4 is 63.8 Å². The first-order chi connectivity index (χ1) is 58.1. The van der Waals surface area contributed by atoms with E-state index in [1.807, 2.05) is 0 Å². The van der Waals surface area contributed by atoms with Crippen LogP contribution in [0.5, 0.6) is 0 Å². The number of guanidine groups is 2. The summed E-state index contributed by atoms with van der Waals surface area (Å²) in [6.45, 7) is -3.08. The van der Waals surface area contributed by atoms with E-state index < -0.39 is 196 Å². The van der Waals surface area contributed by atoms with Gasteiger partial charge < -0.3 is 88.5 Å². The van der Waals surface area contributed by atoms with Crippen molar-refractivity contribution in [1.29, 1.82) is 21.3 Å². The second-order valence-corrected chi connectivity index (χ2v) is 29.6. The van der Waals surface area contributed by atoms with Crippen LogP contribution in [-0.2, 0) is 65.6 Å². The lowest BCUT2D eigenvalue weighted by atomic mass is 10.0. The maximum atomic E-state index is 14.5. The molecule has 12 amide bonds. The molecule has 15 N–H and O–H groups in total. The Morgan fingerprint density at radius 3 is 1.25 bits per heavy atom. The summed E-state index contributed by atoms with van der Waals surface area (Å²) in [4.78, 5) is 191. The molecule has 4 aromatic carbocycles. The third kappa shape index (κ3) is 28.1. The third-order valence-electron chi connectivity index (χ3n) is 19.8. The van der Waals surface area contributed by atoms with Gasteiger partial charge in [0.15, 0.2) is 11.9 Å². The van der Waals surface area contributed by atoms with Crippen molar-refractivity contribution in [2.24, 2.45) is 0 Å². The van der Waals surface area contributed by atoms with Gasteiger partial charge in [-0.1, -0.05) is 84.9 Å². The Hall–Kier alpha value is -14.0. The SMILES string of the molecule is CN(C)C(=N)NCCC[C@H](NC(=O)CCC(=O)Nc1cccc2c(C(=O)NCC(=O)N3CC(F)(F)C[C@H]3C#N)ccnc12)C(=O)N[C@@H](Cc1ccccc1)C(=O)NCCCC[C@H](NC(=O)[C@@H](Cc1ccccc1)NC(=O)[C@H](CCCNC(=N)N(C)C)NC(=O)CCC(=O)Nc1cccc2c(C(=O)NCC(=O)N3CC(F)(F)C[C@H]3C#N)ccnc12)C(=O)O. The number of pyridine rings is 2. The summed E-state index contributed by atoms with van der Waals surface area (Å²) >= 11 is 0. The summed E-state index contributed by atoms with van der Waals surface area (Å²) in [6.07, 6.45) is -0.788. The van der Waals surface area contributed by atoms with Gasteiger partial charge >= 0.3 is 5.97 Å². The van der Waals surface area contributed by atoms with Crippen molar-refractivity contribution in [2.75, 3.05) is 84.6 Å². The van der Waals surface area contributed by atoms with E-state index in [9.17, 15) is 95.5 Å². The van der Waals surface area contributed by atoms with Crippen molar-refractivity contribution in [1.82, 2.24) is 82.7 Å². The quantitative estimate of drug-likeness (QED) is 0.0114. The number of unbranched alkanes of at least 4 members (excludes halogenated alkanes) is 1. The van der Waals surface area contributed by atoms with Crippen LogP contribution in [0.4, 0.5) is 28.9 Å². The number of rotatable bonds is 41. The van der Waals surface area contributed by atoms with Crippen LogP contribution in [0.2, 0.25) is 0 Å². The molecule has 0 bridgehead atoms. The molecule has 4 heterocycles. The molecule has 0 radical (unpaired) electrons. The maximum Gasteiger partial charge on any atom is 0.326 e. The Morgan fingerprint density at radius 2 is 0.844 bits per heavy atom. The Labute approximate surface area is 699 Å². The highest BCUT2D eigenvalue weighted by Gasteiger charge is 2.48. The summed E-state index contributed by atoms with van der Waals surface area (Å²) in [6, 6.07) is 22.5. The molecule has 8 rings (SSSR count). The van der Waals surface area contributed by atoms with Crippen LogP contribution in [0.25, 0.3) is 21.8 Å². The molecular weight excluding hydrogens is 1590 g/mol. The fraction of sp³-hybridized carbons (Fsp3) is 0.427. The van der Waals surface area contributed by atoms with Gasteiger partial charge in [-0.2, -0.15) is 10.5 Å². The number of aromatic nitrogens is 2. The Kier molecular flexibility index (Phi) is 34.3. The van der Waals surface area contributed by atoms with Crippen molar-refractivity contribution in [3.8, 4) is 12.1 Å². The van der Waals surface area contributed by atoms with Crippen molar-refractivity contribution >= 4 is 122 Å². The lowest BCUT2D eigenvalue weighted by Gasteiger charge is -2.25. The largest absolute Gasteiger partial charge is 0.480 e. The van der Waals surface area contributed by atoms with E-state index in [1.165, 1.54) is 70.7 Å². The molecular formula is C82H98F4N22O14. The van der Waals surface area contributed by atoms with Crippen LogP contribution in [0.1, 0.15) is 115 Å². The fourth-order valence-corrected chi connectivity index (χ4v) is 13.3. The molecule has 0 spiro atoms. The second kappa shape index (κ2) is 44.7. The number of para-hydroxylation sites is 2. The number of benzene rings is 4. The van der Waals surface area contributed by atoms with E-state index in [1.54, 1.807) is 101 Å². The van der Waals surface area contributed by atoms with Gasteiger partial charge in [-0.3, -0.25) is 78.3 Å². The third-order valence-corrected chi connectivity index (χ3v) is 19.8. The topological polar surface area (TPSA) is 521 Å². The summed E-state index contributed by atoms with van der Waals surface area (Å²) < 4.78 is 56.2. The minimum Gasteiger partial charge on any atom is -0.480 e. The highest BCUT2D eigenvalue weighted by atomic mass is 19.3. The minimum absolute atomic E-state index is 0.00350. The molecule has 2 aromatic heterocycles. The first kappa shape index (κ1) is 93.5. The van der Waals surface area contributed by atoms with Crippen LogP contribution >= 0.6 is 0 Å². The Bertz CT molecular complexity index is 4920. The number of fused-ring (bicyclic) bond motifs is 2. The molecule has 2 saturated heterocycles. The maximum absolute atomic E-state index is 14.5. The number of hydrogen-bond donors (Lipinski definition) is 15. The summed E-state index contributed by atoms with van der Waals surface area (Å²) in [7, 11) is 6.56. The number of nitrogens with zero attached hydrogens (tertiary/aromatic N) is 8. The zero-order valence-electron chi connectivity index (χ0n) is 67.5. The molecule has 6 aromatic rings. The number of aliphatic carboxylic acids is 1. The first-order valence-corrected chi connectivity index (χ1v) is 39.3. The summed E-state index contributed by atoms with van der Waals surface area (Å²) in [5.41, 5.74) is 1.72. The van der Waals surface area contributed by atoms with Crippen molar-refractivity contribution < 1.29 is 85.0 Å². The molecule has 2 aliphatic rings. The molecule has 0 saturated carbocycles. The lowest BCUT2D eigenvalue weighted by molar-refractivity contribution is -0.142. The van der Waals surface area contributed by atoms with Gasteiger partial charge in [-0.15, -0.1) is 0 Å². The van der Waals surface area contributed by atoms with E-state index >= 15 is 0 Å². The van der Waals surface area contributed by atoms with Crippen LogP contribution in [0.15, 0.2) is 122 Å². The van der Waals surface area contributed by atoms with Gasteiger partial charge in [-0.25, -0.2) is 22.4 Å². The molecule has 36 nitrogen and oxygen atoms in total. The molecule has 122 heavy (non-hydrogen) atoms. The number of carbonyl (C=O) groups excluding carboxylic acids is 12. The number of carbonyl (C=O) groups is 13. The molecule has 0 unspecified atom stereocenters. The van der Waals surface area contributed by atoms with Gasteiger partial charge in [-0.05, 0) is 80.3 Å². The number of anilines is 2. The fourth-order valence-electron chi connectivity index (χ4n) is 13.3. The molecule has 40 heteroatoms. The smallest absolute Gasteiger partial charge is 0.326 e. The number of halogens is 4. The summed E-state index contributed by atoms with van der Waals surface area (Å²) in [5.74, 6) is -17.3. The zero-order valence-corrected chi connectivity index (χ0v) is 67.5. The number of nitrogens with one attached hydrogen (secondary N) is 14. The van der Waals surface area contributed by atoms with Gasteiger partial charge in [0.25, 0.3) is 23.7 Å². The predicted molar refractivity (Wildman–Crippen MR) is 437 cm³/mol. The highest BCUT2D eigenvalue weighted by Crippen LogP contribution is 2.34. The van der Waals surface area contributed by atoms with Gasteiger partial charge in [0, 0.05) is 122 Å². The number of amides is 12. The van der Waals surface area contributed by atoms with E-state index in [-0.39, 0.29) is 134 Å². The minimum atomic E-state index is -3.27. The number of likely N-dealkylation sites (tertiary alicyclic amines) is 2. The number of hydrogen-bond acceptors (Lipinski definition) is 19. The normalized spacial score (nSPS) is 15.5. The average molecular weight is 1690 g/mol. The highest BCUT2D eigenvalue weighted by molar-refractivity contribution is 6.12. The Balaban J connectivity index is 0.865. The number of alkyl halides is 4. The summed E-state index contributed by atoms with van der Waals surface area (Å²) in [5, 5.41) is 78.0. The molecule has 0 aliphatic carbocycles. The number of carboxylic acids is 1. The number of nitriles is 2. The standard InChI is InChI=1S/C82H98F4N22O14/c1-105(2)79(89)94-35-15-26-59(100-66(111)30-28-64(109)98-57-24-13-21-53-55(32-37-91-70(53)57)72(115)96-45-68(113)107-47-81(83,84)41-51(107)43-87)75(118)103-62(39-49-17-7-5-8-18-49)74(117)93-34-12-11-23-61(78(121)122)102-77(120)63(40-50-19-9-6-10-20-50)104-76(119)60(27-16-36-95-80(90)106(3)4)101-67(112)31-29-65(110)99-58-25-14-22-54-56(33-38-92-71(54)58)73(116)97-46-69(114)108-48-82(85,86)42-52(108)44-88/h5-10,13-14,17-22,24-25,32-33,37-38,51-52,59-63H,11-12,15-16,23,26-31,34-36,39-42,45-48H2,1-4H3,(H2,89,94)(H2,90,95)(H,93,117)(H,96,115)(H,97,116)(H,98,109)(H,99,110)(H,100,111)(H,101,112)(H,102,120)(H,103,118)(H,104,119)(H,121,122)/t51-,52-,59-,60-,61-,62-,63+/m0/s1. The van der Waals surface area contributed by atoms with Crippen LogP contribution in [0, 0.1) is 33.5 Å². The van der Waals surface area contributed by atoms with Gasteiger partial charge in [0.2, 0.25) is 59.1 Å². The van der Waals surface area contributed by atoms with E-state index in [0.717, 1.165) is 0 Å².